The second-order valence-corrected chi connectivity index (χ2v) is 4.87. The van der Waals surface area contributed by atoms with Gasteiger partial charge in [-0.2, -0.15) is 0 Å². The Morgan fingerprint density at radius 2 is 2.12 bits per heavy atom. The van der Waals surface area contributed by atoms with Crippen LogP contribution in [0.4, 0.5) is 0 Å². The van der Waals surface area contributed by atoms with Gasteiger partial charge >= 0.3 is 0 Å². The van der Waals surface area contributed by atoms with E-state index < -0.39 is 0 Å². The smallest absolute Gasteiger partial charge is 0.213 e. The van der Waals surface area contributed by atoms with Gasteiger partial charge in [-0.1, -0.05) is 13.8 Å². The van der Waals surface area contributed by atoms with Crippen molar-refractivity contribution in [1.29, 1.82) is 0 Å². The fourth-order valence-electron chi connectivity index (χ4n) is 1.76. The SMILES string of the molecule is CNCc1cc(C)nc(OCCCC(C)C)c1. The molecule has 1 rings (SSSR count). The molecule has 0 saturated carbocycles. The lowest BCUT2D eigenvalue weighted by Crippen LogP contribution is -2.07. The third-order valence-corrected chi connectivity index (χ3v) is 2.55. The fourth-order valence-corrected chi connectivity index (χ4v) is 1.76. The van der Waals surface area contributed by atoms with Crippen LogP contribution in [0.2, 0.25) is 0 Å². The maximum absolute atomic E-state index is 5.69. The molecule has 0 bridgehead atoms. The van der Waals surface area contributed by atoms with Crippen molar-refractivity contribution < 1.29 is 4.74 Å². The van der Waals surface area contributed by atoms with Gasteiger partial charge in [0, 0.05) is 18.3 Å². The molecular weight excluding hydrogens is 212 g/mol. The Kier molecular flexibility index (Phi) is 5.98. The van der Waals surface area contributed by atoms with E-state index in [9.17, 15) is 0 Å². The first-order valence-electron chi connectivity index (χ1n) is 6.36. The van der Waals surface area contributed by atoms with E-state index >= 15 is 0 Å². The summed E-state index contributed by atoms with van der Waals surface area (Å²) < 4.78 is 5.69. The van der Waals surface area contributed by atoms with E-state index in [2.05, 4.69) is 30.2 Å². The molecule has 0 fully saturated rings. The van der Waals surface area contributed by atoms with Crippen molar-refractivity contribution >= 4 is 0 Å². The van der Waals surface area contributed by atoms with Crippen molar-refractivity contribution in [3.63, 3.8) is 0 Å². The Hall–Kier alpha value is -1.09. The molecule has 1 heterocycles. The van der Waals surface area contributed by atoms with E-state index in [0.29, 0.717) is 0 Å². The van der Waals surface area contributed by atoms with E-state index in [1.807, 2.05) is 20.0 Å². The van der Waals surface area contributed by atoms with Gasteiger partial charge < -0.3 is 10.1 Å². The summed E-state index contributed by atoms with van der Waals surface area (Å²) in [5, 5.41) is 3.14. The van der Waals surface area contributed by atoms with Gasteiger partial charge in [-0.05, 0) is 44.4 Å². The topological polar surface area (TPSA) is 34.2 Å². The van der Waals surface area contributed by atoms with Gasteiger partial charge in [0.25, 0.3) is 0 Å². The lowest BCUT2D eigenvalue weighted by Gasteiger charge is -2.09. The highest BCUT2D eigenvalue weighted by Crippen LogP contribution is 2.13. The number of ether oxygens (including phenoxy) is 1. The minimum atomic E-state index is 0.740. The Labute approximate surface area is 105 Å². The van der Waals surface area contributed by atoms with Gasteiger partial charge in [0.15, 0.2) is 0 Å². The highest BCUT2D eigenvalue weighted by atomic mass is 16.5. The first-order chi connectivity index (χ1) is 8.11. The molecule has 1 aromatic rings. The number of nitrogens with one attached hydrogen (secondary N) is 1. The molecule has 0 spiro atoms. The summed E-state index contributed by atoms with van der Waals surface area (Å²) in [7, 11) is 1.94. The summed E-state index contributed by atoms with van der Waals surface area (Å²) in [5.74, 6) is 1.49. The van der Waals surface area contributed by atoms with Crippen molar-refractivity contribution in [2.45, 2.75) is 40.2 Å². The highest BCUT2D eigenvalue weighted by Gasteiger charge is 2.01. The second-order valence-electron chi connectivity index (χ2n) is 4.87. The van der Waals surface area contributed by atoms with Crippen molar-refractivity contribution in [3.05, 3.63) is 23.4 Å². The monoisotopic (exact) mass is 236 g/mol. The maximum atomic E-state index is 5.69. The fraction of sp³-hybridized carbons (Fsp3) is 0.643. The lowest BCUT2D eigenvalue weighted by atomic mass is 10.1. The van der Waals surface area contributed by atoms with Crippen molar-refractivity contribution in [3.8, 4) is 5.88 Å². The van der Waals surface area contributed by atoms with E-state index in [1.54, 1.807) is 0 Å². The molecule has 0 aromatic carbocycles. The molecule has 96 valence electrons. The number of aryl methyl sites for hydroxylation is 1. The minimum Gasteiger partial charge on any atom is -0.478 e. The summed E-state index contributed by atoms with van der Waals surface area (Å²) in [6.45, 7) is 8.07. The van der Waals surface area contributed by atoms with Crippen LogP contribution < -0.4 is 10.1 Å². The van der Waals surface area contributed by atoms with Crippen LogP contribution >= 0.6 is 0 Å². The Morgan fingerprint density at radius 3 is 2.76 bits per heavy atom. The number of pyridine rings is 1. The standard InChI is InChI=1S/C14H24N2O/c1-11(2)6-5-7-17-14-9-13(10-15-4)8-12(3)16-14/h8-9,11,15H,5-7,10H2,1-4H3. The molecule has 1 aromatic heterocycles. The van der Waals surface area contributed by atoms with Crippen LogP contribution in [-0.2, 0) is 6.54 Å². The Balaban J connectivity index is 2.46. The number of hydrogen-bond acceptors (Lipinski definition) is 3. The first kappa shape index (κ1) is 14.0. The molecule has 0 saturated heterocycles. The van der Waals surface area contributed by atoms with Crippen LogP contribution in [-0.4, -0.2) is 18.6 Å². The zero-order valence-electron chi connectivity index (χ0n) is 11.4. The summed E-state index contributed by atoms with van der Waals surface area (Å²) in [5.41, 5.74) is 2.23. The molecule has 0 radical (unpaired) electrons. The summed E-state index contributed by atoms with van der Waals surface area (Å²) >= 11 is 0. The minimum absolute atomic E-state index is 0.740. The van der Waals surface area contributed by atoms with E-state index in [1.165, 1.54) is 12.0 Å². The zero-order chi connectivity index (χ0) is 12.7. The van der Waals surface area contributed by atoms with Crippen LogP contribution in [0, 0.1) is 12.8 Å². The molecule has 0 unspecified atom stereocenters. The molecule has 3 nitrogen and oxygen atoms in total. The van der Waals surface area contributed by atoms with Crippen molar-refractivity contribution in [1.82, 2.24) is 10.3 Å². The Bertz CT molecular complexity index is 337. The van der Waals surface area contributed by atoms with Crippen molar-refractivity contribution in [2.75, 3.05) is 13.7 Å². The van der Waals surface area contributed by atoms with Crippen LogP contribution in [0.5, 0.6) is 5.88 Å². The molecule has 0 atom stereocenters. The number of nitrogens with zero attached hydrogens (tertiary/aromatic N) is 1. The predicted molar refractivity (Wildman–Crippen MR) is 71.3 cm³/mol. The van der Waals surface area contributed by atoms with Crippen LogP contribution in [0.1, 0.15) is 37.9 Å². The molecule has 17 heavy (non-hydrogen) atoms. The molecule has 0 aliphatic rings. The number of rotatable bonds is 7. The predicted octanol–water partition coefficient (Wildman–Crippen LogP) is 2.92. The molecule has 0 amide bonds. The number of aromatic nitrogens is 1. The van der Waals surface area contributed by atoms with Gasteiger partial charge in [0.05, 0.1) is 6.61 Å². The molecular formula is C14H24N2O. The quantitative estimate of drug-likeness (QED) is 0.739. The van der Waals surface area contributed by atoms with Gasteiger partial charge in [0.1, 0.15) is 0 Å². The lowest BCUT2D eigenvalue weighted by molar-refractivity contribution is 0.286. The van der Waals surface area contributed by atoms with Gasteiger partial charge in [-0.3, -0.25) is 0 Å². The molecule has 3 heteroatoms. The summed E-state index contributed by atoms with van der Waals surface area (Å²) in [6, 6.07) is 4.09. The zero-order valence-corrected chi connectivity index (χ0v) is 11.4. The highest BCUT2D eigenvalue weighted by molar-refractivity contribution is 5.24. The largest absolute Gasteiger partial charge is 0.478 e. The van der Waals surface area contributed by atoms with E-state index in [4.69, 9.17) is 4.74 Å². The second kappa shape index (κ2) is 7.28. The average Bonchev–Trinajstić information content (AvgIpc) is 2.24. The average molecular weight is 236 g/mol. The van der Waals surface area contributed by atoms with Gasteiger partial charge in [0.2, 0.25) is 5.88 Å². The molecule has 0 aliphatic carbocycles. The van der Waals surface area contributed by atoms with Gasteiger partial charge in [-0.25, -0.2) is 4.98 Å². The summed E-state index contributed by atoms with van der Waals surface area (Å²) in [6.07, 6.45) is 2.30. The normalized spacial score (nSPS) is 10.9. The summed E-state index contributed by atoms with van der Waals surface area (Å²) in [4.78, 5) is 4.38. The maximum Gasteiger partial charge on any atom is 0.213 e. The van der Waals surface area contributed by atoms with Crippen molar-refractivity contribution in [2.24, 2.45) is 5.92 Å². The first-order valence-corrected chi connectivity index (χ1v) is 6.36. The number of hydrogen-bond donors (Lipinski definition) is 1. The Morgan fingerprint density at radius 1 is 1.35 bits per heavy atom. The van der Waals surface area contributed by atoms with Crippen LogP contribution in [0.3, 0.4) is 0 Å². The third kappa shape index (κ3) is 5.68. The molecule has 0 aliphatic heterocycles. The van der Waals surface area contributed by atoms with Crippen LogP contribution in [0.25, 0.3) is 0 Å². The molecule has 1 N–H and O–H groups in total. The third-order valence-electron chi connectivity index (χ3n) is 2.55. The van der Waals surface area contributed by atoms with Crippen LogP contribution in [0.15, 0.2) is 12.1 Å². The van der Waals surface area contributed by atoms with E-state index in [0.717, 1.165) is 37.1 Å². The van der Waals surface area contributed by atoms with Gasteiger partial charge in [-0.15, -0.1) is 0 Å². The van der Waals surface area contributed by atoms with E-state index in [-0.39, 0.29) is 0 Å².